The van der Waals surface area contributed by atoms with E-state index in [1.165, 1.54) is 31.4 Å². The van der Waals surface area contributed by atoms with E-state index >= 15 is 0 Å². The normalized spacial score (nSPS) is 17.7. The van der Waals surface area contributed by atoms with Crippen molar-refractivity contribution in [1.29, 1.82) is 0 Å². The van der Waals surface area contributed by atoms with Crippen LogP contribution in [0.4, 0.5) is 0 Å². The second kappa shape index (κ2) is 7.57. The van der Waals surface area contributed by atoms with Gasteiger partial charge in [0.05, 0.1) is 37.9 Å². The van der Waals surface area contributed by atoms with Crippen LogP contribution in [-0.2, 0) is 4.74 Å². The highest BCUT2D eigenvalue weighted by molar-refractivity contribution is 6.39. The van der Waals surface area contributed by atoms with Crippen molar-refractivity contribution in [3.8, 4) is 11.5 Å². The van der Waals surface area contributed by atoms with E-state index in [1.807, 2.05) is 0 Å². The van der Waals surface area contributed by atoms with Crippen LogP contribution in [0.15, 0.2) is 42.7 Å². The molecule has 2 unspecified atom stereocenters. The van der Waals surface area contributed by atoms with Gasteiger partial charge < -0.3 is 23.4 Å². The summed E-state index contributed by atoms with van der Waals surface area (Å²) in [6.45, 7) is 0. The van der Waals surface area contributed by atoms with Gasteiger partial charge in [0.2, 0.25) is 6.29 Å². The zero-order chi connectivity index (χ0) is 22.9. The van der Waals surface area contributed by atoms with Gasteiger partial charge in [0.1, 0.15) is 11.5 Å². The molecule has 0 saturated heterocycles. The van der Waals surface area contributed by atoms with E-state index in [-0.39, 0.29) is 53.5 Å². The molecule has 164 valence electrons. The molecule has 32 heavy (non-hydrogen) atoms. The summed E-state index contributed by atoms with van der Waals surface area (Å²) in [5.41, 5.74) is -2.10. The molecule has 0 spiro atoms. The molecule has 7 nitrogen and oxygen atoms in total. The lowest BCUT2D eigenvalue weighted by molar-refractivity contribution is -0.0472. The van der Waals surface area contributed by atoms with Crippen LogP contribution < -0.4 is 16.0 Å². The first-order valence-corrected chi connectivity index (χ1v) is 10.5. The Morgan fingerprint density at radius 1 is 0.844 bits per heavy atom. The molecule has 0 fully saturated rings. The molecule has 2 aromatic carbocycles. The zero-order valence-electron chi connectivity index (χ0n) is 15.9. The Morgan fingerprint density at radius 3 is 1.97 bits per heavy atom. The molecule has 3 heterocycles. The lowest BCUT2D eigenvalue weighted by Crippen LogP contribution is -2.28. The lowest BCUT2D eigenvalue weighted by Gasteiger charge is -2.18. The first-order valence-electron chi connectivity index (χ1n) is 9.01. The highest BCUT2D eigenvalue weighted by atomic mass is 35.5. The van der Waals surface area contributed by atoms with Crippen molar-refractivity contribution < 1.29 is 23.4 Å². The summed E-state index contributed by atoms with van der Waals surface area (Å²) in [6, 6.07) is 5.67. The van der Waals surface area contributed by atoms with E-state index < -0.39 is 29.2 Å². The van der Waals surface area contributed by atoms with Gasteiger partial charge in [-0.15, -0.1) is 0 Å². The topological polar surface area (TPSA) is 99.1 Å². The van der Waals surface area contributed by atoms with Crippen LogP contribution in [0.25, 0.3) is 21.9 Å². The summed E-state index contributed by atoms with van der Waals surface area (Å²) < 4.78 is 22.0. The predicted octanol–water partition coefficient (Wildman–Crippen LogP) is 5.72. The third-order valence-electron chi connectivity index (χ3n) is 5.21. The third kappa shape index (κ3) is 3.08. The Hall–Kier alpha value is -2.42. The molecule has 1 aliphatic rings. The maximum atomic E-state index is 13.0. The van der Waals surface area contributed by atoms with Crippen molar-refractivity contribution >= 4 is 68.3 Å². The number of fused-ring (bicyclic) bond motifs is 4. The molecule has 2 aromatic heterocycles. The van der Waals surface area contributed by atoms with Crippen molar-refractivity contribution in [3.63, 3.8) is 0 Å². The maximum absolute atomic E-state index is 13.0. The molecule has 0 amide bonds. The molecule has 0 saturated carbocycles. The van der Waals surface area contributed by atoms with Crippen molar-refractivity contribution in [1.82, 2.24) is 0 Å². The summed E-state index contributed by atoms with van der Waals surface area (Å²) in [4.78, 5) is 25.9. The first kappa shape index (κ1) is 21.4. The van der Waals surface area contributed by atoms with Crippen LogP contribution in [0.5, 0.6) is 11.5 Å². The standard InChI is InChI=1S/C21H10Cl4O7/c1-29-21-12(13-15(26)8-2-6(22)4-10(24)16(8)30-19(13)27)14-18(32-21)9-3-7(23)5-11(25)17(9)31-20(14)28/h2-5,12,21,26H,1H3. The second-order valence-electron chi connectivity index (χ2n) is 7.01. The smallest absolute Gasteiger partial charge is 0.344 e. The van der Waals surface area contributed by atoms with Gasteiger partial charge in [-0.2, -0.15) is 0 Å². The number of hydrogen-bond acceptors (Lipinski definition) is 7. The summed E-state index contributed by atoms with van der Waals surface area (Å²) in [5.74, 6) is -1.60. The first-order chi connectivity index (χ1) is 15.2. The minimum absolute atomic E-state index is 0.0348. The summed E-state index contributed by atoms with van der Waals surface area (Å²) in [7, 11) is 1.32. The largest absolute Gasteiger partial charge is 0.507 e. The molecule has 2 atom stereocenters. The average Bonchev–Trinajstić information content (AvgIpc) is 3.10. The highest BCUT2D eigenvalue weighted by Crippen LogP contribution is 2.48. The van der Waals surface area contributed by atoms with Crippen LogP contribution >= 0.6 is 46.4 Å². The maximum Gasteiger partial charge on any atom is 0.344 e. The van der Waals surface area contributed by atoms with E-state index in [9.17, 15) is 14.7 Å². The fourth-order valence-corrected chi connectivity index (χ4v) is 4.97. The van der Waals surface area contributed by atoms with Crippen LogP contribution in [0.3, 0.4) is 0 Å². The van der Waals surface area contributed by atoms with E-state index in [4.69, 9.17) is 64.7 Å². The molecule has 5 rings (SSSR count). The molecule has 4 aromatic rings. The van der Waals surface area contributed by atoms with Crippen LogP contribution in [0.2, 0.25) is 20.1 Å². The van der Waals surface area contributed by atoms with Gasteiger partial charge in [-0.25, -0.2) is 9.59 Å². The minimum atomic E-state index is -1.19. The van der Waals surface area contributed by atoms with Gasteiger partial charge in [-0.3, -0.25) is 0 Å². The number of rotatable bonds is 2. The second-order valence-corrected chi connectivity index (χ2v) is 8.70. The molecular weight excluding hydrogens is 506 g/mol. The number of aromatic hydroxyl groups is 1. The minimum Gasteiger partial charge on any atom is -0.507 e. The van der Waals surface area contributed by atoms with Crippen LogP contribution in [0.1, 0.15) is 17.0 Å². The Balaban J connectivity index is 1.87. The number of hydrogen-bond donors (Lipinski definition) is 1. The Labute approximate surface area is 198 Å². The number of ether oxygens (including phenoxy) is 2. The van der Waals surface area contributed by atoms with Crippen molar-refractivity contribution in [3.05, 3.63) is 76.3 Å². The fraction of sp³-hybridized carbons (Fsp3) is 0.143. The quantitative estimate of drug-likeness (QED) is 0.341. The SMILES string of the molecule is COC1Oc2c(c(=O)oc3c(Cl)cc(Cl)cc23)C1c1c(O)c2cc(Cl)cc(Cl)c2oc1=O. The van der Waals surface area contributed by atoms with Crippen LogP contribution in [0, 0.1) is 0 Å². The van der Waals surface area contributed by atoms with Crippen molar-refractivity contribution in [2.75, 3.05) is 7.11 Å². The molecule has 1 N–H and O–H groups in total. The number of halogens is 4. The molecule has 0 bridgehead atoms. The average molecular weight is 516 g/mol. The Kier molecular flexibility index (Phi) is 5.07. The van der Waals surface area contributed by atoms with Crippen molar-refractivity contribution in [2.24, 2.45) is 0 Å². The Bertz CT molecular complexity index is 1560. The summed E-state index contributed by atoms with van der Waals surface area (Å²) in [5, 5.41) is 12.0. The van der Waals surface area contributed by atoms with Crippen LogP contribution in [-0.4, -0.2) is 18.5 Å². The molecule has 11 heteroatoms. The molecule has 0 radical (unpaired) electrons. The van der Waals surface area contributed by atoms with E-state index in [1.54, 1.807) is 0 Å². The fourth-order valence-electron chi connectivity index (χ4n) is 3.90. The zero-order valence-corrected chi connectivity index (χ0v) is 18.9. The summed E-state index contributed by atoms with van der Waals surface area (Å²) in [6.07, 6.45) is -1.17. The molecule has 0 aliphatic carbocycles. The number of methoxy groups -OCH3 is 1. The number of benzene rings is 2. The lowest BCUT2D eigenvalue weighted by atomic mass is 9.92. The summed E-state index contributed by atoms with van der Waals surface area (Å²) >= 11 is 24.4. The van der Waals surface area contributed by atoms with E-state index in [2.05, 4.69) is 0 Å². The van der Waals surface area contributed by atoms with Gasteiger partial charge in [0.15, 0.2) is 11.2 Å². The van der Waals surface area contributed by atoms with Gasteiger partial charge in [-0.05, 0) is 24.3 Å². The molecule has 1 aliphatic heterocycles. The van der Waals surface area contributed by atoms with E-state index in [0.717, 1.165) is 0 Å². The van der Waals surface area contributed by atoms with Crippen molar-refractivity contribution in [2.45, 2.75) is 12.2 Å². The molecular formula is C21H10Cl4O7. The van der Waals surface area contributed by atoms with Gasteiger partial charge in [0, 0.05) is 17.2 Å². The highest BCUT2D eigenvalue weighted by Gasteiger charge is 2.44. The van der Waals surface area contributed by atoms with Gasteiger partial charge in [-0.1, -0.05) is 46.4 Å². The third-order valence-corrected chi connectivity index (χ3v) is 6.20. The van der Waals surface area contributed by atoms with E-state index in [0.29, 0.717) is 5.39 Å². The monoisotopic (exact) mass is 514 g/mol. The Morgan fingerprint density at radius 2 is 1.38 bits per heavy atom. The van der Waals surface area contributed by atoms with Gasteiger partial charge in [0.25, 0.3) is 0 Å². The predicted molar refractivity (Wildman–Crippen MR) is 120 cm³/mol. The van der Waals surface area contributed by atoms with Gasteiger partial charge >= 0.3 is 11.3 Å².